The van der Waals surface area contributed by atoms with E-state index in [0.29, 0.717) is 13.2 Å². The maximum atomic E-state index is 5.55. The van der Waals surface area contributed by atoms with E-state index in [1.165, 1.54) is 0 Å². The molecule has 0 unspecified atom stereocenters. The quantitative estimate of drug-likeness (QED) is 0.756. The van der Waals surface area contributed by atoms with Gasteiger partial charge < -0.3 is 19.7 Å². The van der Waals surface area contributed by atoms with Crippen LogP contribution in [0.5, 0.6) is 5.75 Å². The van der Waals surface area contributed by atoms with Gasteiger partial charge in [-0.05, 0) is 0 Å². The summed E-state index contributed by atoms with van der Waals surface area (Å²) in [5, 5.41) is 3.33. The van der Waals surface area contributed by atoms with Crippen molar-refractivity contribution in [1.29, 1.82) is 0 Å². The van der Waals surface area contributed by atoms with Crippen molar-refractivity contribution >= 4 is 5.69 Å². The first-order valence-corrected chi connectivity index (χ1v) is 5.92. The highest BCUT2D eigenvalue weighted by Crippen LogP contribution is 2.19. The van der Waals surface area contributed by atoms with Crippen molar-refractivity contribution in [3.8, 4) is 5.75 Å². The first-order chi connectivity index (χ1) is 8.40. The lowest BCUT2D eigenvalue weighted by molar-refractivity contribution is 0.146. The van der Waals surface area contributed by atoms with Gasteiger partial charge in [-0.1, -0.05) is 0 Å². The summed E-state index contributed by atoms with van der Waals surface area (Å²) in [6, 6.07) is 2.04. The SMILES string of the molecule is COCCOc1cncc(N2CCNCC2)c1. The number of aromatic nitrogens is 1. The normalized spacial score (nSPS) is 15.9. The van der Waals surface area contributed by atoms with E-state index in [2.05, 4.69) is 15.2 Å². The highest BCUT2D eigenvalue weighted by Gasteiger charge is 2.11. The van der Waals surface area contributed by atoms with E-state index < -0.39 is 0 Å². The third-order valence-electron chi connectivity index (χ3n) is 2.74. The van der Waals surface area contributed by atoms with Crippen molar-refractivity contribution in [1.82, 2.24) is 10.3 Å². The first-order valence-electron chi connectivity index (χ1n) is 5.92. The number of nitrogens with zero attached hydrogens (tertiary/aromatic N) is 2. The van der Waals surface area contributed by atoms with Crippen LogP contribution in [0, 0.1) is 0 Å². The molecule has 0 bridgehead atoms. The Morgan fingerprint density at radius 2 is 2.12 bits per heavy atom. The van der Waals surface area contributed by atoms with Crippen LogP contribution in [0.1, 0.15) is 0 Å². The zero-order chi connectivity index (χ0) is 11.9. The Hall–Kier alpha value is -1.33. The summed E-state index contributed by atoms with van der Waals surface area (Å²) < 4.78 is 10.5. The molecule has 1 aromatic rings. The molecule has 0 aliphatic carbocycles. The predicted molar refractivity (Wildman–Crippen MR) is 66.7 cm³/mol. The third-order valence-corrected chi connectivity index (χ3v) is 2.74. The lowest BCUT2D eigenvalue weighted by atomic mass is 10.3. The van der Waals surface area contributed by atoms with Gasteiger partial charge in [0.2, 0.25) is 0 Å². The molecule has 0 amide bonds. The fraction of sp³-hybridized carbons (Fsp3) is 0.583. The van der Waals surface area contributed by atoms with Crippen LogP contribution in [0.15, 0.2) is 18.5 Å². The molecule has 1 aromatic heterocycles. The standard InChI is InChI=1S/C12H19N3O2/c1-16-6-7-17-12-8-11(9-14-10-12)15-4-2-13-3-5-15/h8-10,13H,2-7H2,1H3. The second-order valence-electron chi connectivity index (χ2n) is 3.96. The van der Waals surface area contributed by atoms with Crippen molar-refractivity contribution in [3.63, 3.8) is 0 Å². The smallest absolute Gasteiger partial charge is 0.139 e. The fourth-order valence-electron chi connectivity index (χ4n) is 1.83. The number of methoxy groups -OCH3 is 1. The third kappa shape index (κ3) is 3.57. The van der Waals surface area contributed by atoms with E-state index in [1.807, 2.05) is 12.3 Å². The van der Waals surface area contributed by atoms with Crippen molar-refractivity contribution in [2.24, 2.45) is 0 Å². The number of rotatable bonds is 5. The van der Waals surface area contributed by atoms with Gasteiger partial charge in [-0.15, -0.1) is 0 Å². The van der Waals surface area contributed by atoms with E-state index in [1.54, 1.807) is 13.3 Å². The average molecular weight is 237 g/mol. The van der Waals surface area contributed by atoms with E-state index in [9.17, 15) is 0 Å². The van der Waals surface area contributed by atoms with Gasteiger partial charge in [0.25, 0.3) is 0 Å². The molecule has 94 valence electrons. The summed E-state index contributed by atoms with van der Waals surface area (Å²) in [4.78, 5) is 6.52. The highest BCUT2D eigenvalue weighted by atomic mass is 16.5. The number of anilines is 1. The lowest BCUT2D eigenvalue weighted by Gasteiger charge is -2.29. The summed E-state index contributed by atoms with van der Waals surface area (Å²) in [5.74, 6) is 0.804. The van der Waals surface area contributed by atoms with Gasteiger partial charge in [0.1, 0.15) is 12.4 Å². The van der Waals surface area contributed by atoms with Gasteiger partial charge in [0, 0.05) is 39.4 Å². The van der Waals surface area contributed by atoms with Crippen molar-refractivity contribution in [2.75, 3.05) is 51.4 Å². The Morgan fingerprint density at radius 3 is 2.88 bits per heavy atom. The molecule has 0 spiro atoms. The Bertz CT molecular complexity index is 340. The van der Waals surface area contributed by atoms with E-state index in [-0.39, 0.29) is 0 Å². The number of ether oxygens (including phenoxy) is 2. The topological polar surface area (TPSA) is 46.6 Å². The molecule has 0 radical (unpaired) electrons. The molecule has 0 aromatic carbocycles. The molecule has 2 heterocycles. The molecule has 1 fully saturated rings. The number of hydrogen-bond acceptors (Lipinski definition) is 5. The lowest BCUT2D eigenvalue weighted by Crippen LogP contribution is -2.43. The van der Waals surface area contributed by atoms with Crippen LogP contribution in [0.2, 0.25) is 0 Å². The highest BCUT2D eigenvalue weighted by molar-refractivity contribution is 5.48. The van der Waals surface area contributed by atoms with Crippen LogP contribution in [0.4, 0.5) is 5.69 Å². The molecule has 5 nitrogen and oxygen atoms in total. The molecular weight excluding hydrogens is 218 g/mol. The first kappa shape index (κ1) is 12.1. The summed E-state index contributed by atoms with van der Waals surface area (Å²) in [6.07, 6.45) is 3.62. The summed E-state index contributed by atoms with van der Waals surface area (Å²) >= 11 is 0. The minimum Gasteiger partial charge on any atom is -0.489 e. The summed E-state index contributed by atoms with van der Waals surface area (Å²) in [5.41, 5.74) is 1.13. The van der Waals surface area contributed by atoms with Crippen LogP contribution < -0.4 is 15.0 Å². The van der Waals surface area contributed by atoms with Crippen LogP contribution in [-0.4, -0.2) is 51.5 Å². The van der Waals surface area contributed by atoms with Gasteiger partial charge in [-0.25, -0.2) is 0 Å². The molecular formula is C12H19N3O2. The van der Waals surface area contributed by atoms with Crippen molar-refractivity contribution in [3.05, 3.63) is 18.5 Å². The van der Waals surface area contributed by atoms with Crippen LogP contribution in [0.3, 0.4) is 0 Å². The Morgan fingerprint density at radius 1 is 1.29 bits per heavy atom. The monoisotopic (exact) mass is 237 g/mol. The maximum Gasteiger partial charge on any atom is 0.139 e. The van der Waals surface area contributed by atoms with E-state index in [0.717, 1.165) is 37.6 Å². The van der Waals surface area contributed by atoms with Gasteiger partial charge in [-0.2, -0.15) is 0 Å². The number of piperazine rings is 1. The molecule has 1 N–H and O–H groups in total. The average Bonchev–Trinajstić information content (AvgIpc) is 2.41. The summed E-state index contributed by atoms with van der Waals surface area (Å²) in [7, 11) is 1.67. The minimum absolute atomic E-state index is 0.559. The molecule has 1 aliphatic heterocycles. The Kier molecular flexibility index (Phi) is 4.58. The molecule has 0 saturated carbocycles. The molecule has 2 rings (SSSR count). The van der Waals surface area contributed by atoms with Crippen LogP contribution in [-0.2, 0) is 4.74 Å². The van der Waals surface area contributed by atoms with Crippen molar-refractivity contribution in [2.45, 2.75) is 0 Å². The van der Waals surface area contributed by atoms with E-state index >= 15 is 0 Å². The molecule has 0 atom stereocenters. The Labute approximate surface area is 102 Å². The zero-order valence-corrected chi connectivity index (χ0v) is 10.2. The molecule has 5 heteroatoms. The number of nitrogens with one attached hydrogen (secondary N) is 1. The largest absolute Gasteiger partial charge is 0.489 e. The number of hydrogen-bond donors (Lipinski definition) is 1. The van der Waals surface area contributed by atoms with Gasteiger partial charge in [-0.3, -0.25) is 4.98 Å². The second-order valence-corrected chi connectivity index (χ2v) is 3.96. The van der Waals surface area contributed by atoms with Gasteiger partial charge >= 0.3 is 0 Å². The van der Waals surface area contributed by atoms with Gasteiger partial charge in [0.15, 0.2) is 0 Å². The second kappa shape index (κ2) is 6.42. The number of pyridine rings is 1. The van der Waals surface area contributed by atoms with E-state index in [4.69, 9.17) is 9.47 Å². The van der Waals surface area contributed by atoms with Gasteiger partial charge in [0.05, 0.1) is 24.7 Å². The maximum absolute atomic E-state index is 5.55. The zero-order valence-electron chi connectivity index (χ0n) is 10.2. The van der Waals surface area contributed by atoms with Crippen LogP contribution in [0.25, 0.3) is 0 Å². The molecule has 17 heavy (non-hydrogen) atoms. The predicted octanol–water partition coefficient (Wildman–Crippen LogP) is 0.516. The molecule has 1 aliphatic rings. The summed E-state index contributed by atoms with van der Waals surface area (Å²) in [6.45, 7) is 5.23. The van der Waals surface area contributed by atoms with Crippen molar-refractivity contribution < 1.29 is 9.47 Å². The fourth-order valence-corrected chi connectivity index (χ4v) is 1.83. The molecule has 1 saturated heterocycles. The minimum atomic E-state index is 0.559. The Balaban J connectivity index is 1.95. The van der Waals surface area contributed by atoms with Crippen LogP contribution >= 0.6 is 0 Å².